The molecule has 0 atom stereocenters. The van der Waals surface area contributed by atoms with Crippen LogP contribution in [0.3, 0.4) is 0 Å². The first-order valence-electron chi connectivity index (χ1n) is 9.64. The number of aromatic amines is 1. The van der Waals surface area contributed by atoms with Gasteiger partial charge in [-0.3, -0.25) is 9.89 Å². The van der Waals surface area contributed by atoms with Gasteiger partial charge in [-0.15, -0.1) is 0 Å². The van der Waals surface area contributed by atoms with Crippen LogP contribution in [0.15, 0.2) is 44.4 Å². The molecule has 0 unspecified atom stereocenters. The molecule has 12 heteroatoms. The Morgan fingerprint density at radius 1 is 1.00 bits per heavy atom. The number of hydrogen-bond acceptors (Lipinski definition) is 8. The molecule has 3 aromatic rings. The van der Waals surface area contributed by atoms with E-state index in [1.165, 1.54) is 39.7 Å². The maximum absolute atomic E-state index is 13.0. The van der Waals surface area contributed by atoms with Crippen LogP contribution in [0.4, 0.5) is 0 Å². The number of carbonyl (C=O) groups is 2. The van der Waals surface area contributed by atoms with Crippen molar-refractivity contribution >= 4 is 50.0 Å². The Hall–Kier alpha value is -3.38. The van der Waals surface area contributed by atoms with Crippen molar-refractivity contribution in [1.82, 2.24) is 15.6 Å². The number of carbonyl (C=O) groups excluding carboxylic acids is 2. The molecule has 1 aromatic heterocycles. The number of amides is 1. The Balaban J connectivity index is 1.87. The number of hydrazone groups is 1. The molecule has 1 heterocycles. The Kier molecular flexibility index (Phi) is 8.29. The lowest BCUT2D eigenvalue weighted by atomic mass is 10.1. The van der Waals surface area contributed by atoms with Crippen molar-refractivity contribution in [2.75, 3.05) is 21.3 Å². The van der Waals surface area contributed by atoms with Crippen molar-refractivity contribution in [3.05, 3.63) is 61.8 Å². The number of rotatable bonds is 8. The Labute approximate surface area is 211 Å². The van der Waals surface area contributed by atoms with E-state index in [0.29, 0.717) is 31.8 Å². The number of aryl methyl sites for hydroxylation is 1. The Bertz CT molecular complexity index is 1230. The zero-order chi connectivity index (χ0) is 24.8. The Morgan fingerprint density at radius 2 is 1.68 bits per heavy atom. The lowest BCUT2D eigenvalue weighted by Crippen LogP contribution is -2.18. The number of halogens is 2. The smallest absolute Gasteiger partial charge is 0.343 e. The molecule has 2 aromatic carbocycles. The maximum atomic E-state index is 13.0. The molecule has 0 bridgehead atoms. The zero-order valence-electron chi connectivity index (χ0n) is 18.6. The number of aromatic nitrogens is 2. The fourth-order valence-corrected chi connectivity index (χ4v) is 4.23. The van der Waals surface area contributed by atoms with Crippen LogP contribution in [0, 0.1) is 6.92 Å². The number of benzene rings is 2. The normalized spacial score (nSPS) is 10.8. The van der Waals surface area contributed by atoms with Crippen LogP contribution < -0.4 is 24.4 Å². The zero-order valence-corrected chi connectivity index (χ0v) is 21.7. The number of esters is 1. The predicted octanol–water partition coefficient (Wildman–Crippen LogP) is 4.25. The fraction of sp³-hybridized carbons (Fsp3) is 0.182. The van der Waals surface area contributed by atoms with Crippen molar-refractivity contribution in [3.63, 3.8) is 0 Å². The molecule has 0 fully saturated rings. The van der Waals surface area contributed by atoms with Gasteiger partial charge in [0, 0.05) is 15.7 Å². The second-order valence-electron chi connectivity index (χ2n) is 6.74. The summed E-state index contributed by atoms with van der Waals surface area (Å²) in [5.41, 5.74) is 3.91. The van der Waals surface area contributed by atoms with E-state index in [4.69, 9.17) is 18.9 Å². The Morgan fingerprint density at radius 3 is 2.24 bits per heavy atom. The highest BCUT2D eigenvalue weighted by atomic mass is 79.9. The van der Waals surface area contributed by atoms with E-state index in [0.717, 1.165) is 5.69 Å². The predicted molar refractivity (Wildman–Crippen MR) is 131 cm³/mol. The first-order valence-corrected chi connectivity index (χ1v) is 11.2. The minimum atomic E-state index is -0.673. The number of nitrogens with zero attached hydrogens (tertiary/aromatic N) is 2. The summed E-state index contributed by atoms with van der Waals surface area (Å²) in [5, 5.41) is 10.5. The first-order chi connectivity index (χ1) is 16.3. The lowest BCUT2D eigenvalue weighted by Gasteiger charge is -2.15. The van der Waals surface area contributed by atoms with Crippen LogP contribution >= 0.6 is 31.9 Å². The van der Waals surface area contributed by atoms with E-state index >= 15 is 0 Å². The quantitative estimate of drug-likeness (QED) is 0.173. The maximum Gasteiger partial charge on any atom is 0.343 e. The van der Waals surface area contributed by atoms with Gasteiger partial charge < -0.3 is 18.9 Å². The van der Waals surface area contributed by atoms with Gasteiger partial charge >= 0.3 is 5.97 Å². The molecular formula is C22H20Br2N4O6. The molecule has 178 valence electrons. The summed E-state index contributed by atoms with van der Waals surface area (Å²) in [6.45, 7) is 1.78. The van der Waals surface area contributed by atoms with Crippen LogP contribution in [0.25, 0.3) is 0 Å². The largest absolute Gasteiger partial charge is 0.493 e. The van der Waals surface area contributed by atoms with Gasteiger partial charge in [0.1, 0.15) is 0 Å². The van der Waals surface area contributed by atoms with E-state index in [1.807, 2.05) is 0 Å². The van der Waals surface area contributed by atoms with Crippen LogP contribution in [-0.4, -0.2) is 49.6 Å². The molecule has 1 amide bonds. The van der Waals surface area contributed by atoms with E-state index in [9.17, 15) is 9.59 Å². The van der Waals surface area contributed by atoms with Gasteiger partial charge in [-0.1, -0.05) is 15.9 Å². The second kappa shape index (κ2) is 11.2. The van der Waals surface area contributed by atoms with E-state index < -0.39 is 11.9 Å². The third-order valence-electron chi connectivity index (χ3n) is 4.44. The minimum absolute atomic E-state index is 0.175. The highest BCUT2D eigenvalue weighted by Crippen LogP contribution is 2.39. The topological polar surface area (TPSA) is 124 Å². The van der Waals surface area contributed by atoms with Gasteiger partial charge in [-0.2, -0.15) is 10.2 Å². The third-order valence-corrected chi connectivity index (χ3v) is 5.49. The molecule has 0 aliphatic rings. The van der Waals surface area contributed by atoms with Crippen LogP contribution in [0.1, 0.15) is 32.1 Å². The molecular weight excluding hydrogens is 576 g/mol. The summed E-state index contributed by atoms with van der Waals surface area (Å²) in [7, 11) is 4.37. The van der Waals surface area contributed by atoms with Crippen LogP contribution in [0.2, 0.25) is 0 Å². The van der Waals surface area contributed by atoms with Gasteiger partial charge in [-0.25, -0.2) is 10.2 Å². The van der Waals surface area contributed by atoms with Gasteiger partial charge in [0.2, 0.25) is 5.75 Å². The summed E-state index contributed by atoms with van der Waals surface area (Å²) >= 11 is 6.79. The summed E-state index contributed by atoms with van der Waals surface area (Å²) in [4.78, 5) is 25.1. The SMILES string of the molecule is COc1cc(C(=O)Oc2c(Br)cc(Br)cc2/C=N/NC(=O)c2cc(C)[nH]n2)cc(OC)c1OC. The van der Waals surface area contributed by atoms with Crippen molar-refractivity contribution in [2.45, 2.75) is 6.92 Å². The lowest BCUT2D eigenvalue weighted by molar-refractivity contribution is 0.0732. The first kappa shape index (κ1) is 25.2. The van der Waals surface area contributed by atoms with Crippen molar-refractivity contribution in [3.8, 4) is 23.0 Å². The number of methoxy groups -OCH3 is 3. The molecule has 0 aliphatic carbocycles. The summed E-state index contributed by atoms with van der Waals surface area (Å²) in [6, 6.07) is 7.94. The molecule has 0 aliphatic heterocycles. The van der Waals surface area contributed by atoms with Crippen LogP contribution in [0.5, 0.6) is 23.0 Å². The average molecular weight is 596 g/mol. The van der Waals surface area contributed by atoms with Crippen molar-refractivity contribution in [2.24, 2.45) is 5.10 Å². The summed E-state index contributed by atoms with van der Waals surface area (Å²) in [6.07, 6.45) is 1.35. The number of H-pyrrole nitrogens is 1. The highest BCUT2D eigenvalue weighted by Gasteiger charge is 2.20. The second-order valence-corrected chi connectivity index (χ2v) is 8.51. The number of nitrogens with one attached hydrogen (secondary N) is 2. The molecule has 2 N–H and O–H groups in total. The average Bonchev–Trinajstić information content (AvgIpc) is 3.26. The molecule has 0 saturated heterocycles. The van der Waals surface area contributed by atoms with Gasteiger partial charge in [0.05, 0.1) is 37.6 Å². The molecule has 10 nitrogen and oxygen atoms in total. The van der Waals surface area contributed by atoms with Gasteiger partial charge in [0.25, 0.3) is 5.91 Å². The standard InChI is InChI=1S/C22H20Br2N4O6/c1-11-5-16(27-26-11)21(29)28-25-10-13-6-14(23)9-15(24)19(13)34-22(30)12-7-17(31-2)20(33-4)18(8-12)32-3/h5-10H,1-4H3,(H,26,27)(H,28,29)/b25-10+. The molecule has 0 spiro atoms. The molecule has 0 radical (unpaired) electrons. The fourth-order valence-electron chi connectivity index (χ4n) is 2.89. The third kappa shape index (κ3) is 5.75. The number of hydrogen-bond donors (Lipinski definition) is 2. The minimum Gasteiger partial charge on any atom is -0.493 e. The van der Waals surface area contributed by atoms with Gasteiger partial charge in [0.15, 0.2) is 22.9 Å². The van der Waals surface area contributed by atoms with E-state index in [1.54, 1.807) is 25.1 Å². The number of ether oxygens (including phenoxy) is 4. The molecule has 0 saturated carbocycles. The van der Waals surface area contributed by atoms with E-state index in [-0.39, 0.29) is 17.0 Å². The highest BCUT2D eigenvalue weighted by molar-refractivity contribution is 9.11. The van der Waals surface area contributed by atoms with E-state index in [2.05, 4.69) is 52.6 Å². The molecule has 34 heavy (non-hydrogen) atoms. The van der Waals surface area contributed by atoms with Crippen molar-refractivity contribution < 1.29 is 28.5 Å². The monoisotopic (exact) mass is 594 g/mol. The summed E-state index contributed by atoms with van der Waals surface area (Å²) in [5.74, 6) is -0.0141. The van der Waals surface area contributed by atoms with Gasteiger partial charge in [-0.05, 0) is 53.2 Å². The van der Waals surface area contributed by atoms with Crippen LogP contribution in [-0.2, 0) is 0 Å². The van der Waals surface area contributed by atoms with Crippen molar-refractivity contribution in [1.29, 1.82) is 0 Å². The summed E-state index contributed by atoms with van der Waals surface area (Å²) < 4.78 is 22.7. The molecule has 3 rings (SSSR count).